The minimum atomic E-state index is 0.191. The van der Waals surface area contributed by atoms with Gasteiger partial charge in [-0.3, -0.25) is 0 Å². The molecule has 0 spiro atoms. The Balaban J connectivity index is 2.28. The van der Waals surface area contributed by atoms with Gasteiger partial charge in [0.05, 0.1) is 7.11 Å². The highest BCUT2D eigenvalue weighted by Crippen LogP contribution is 2.40. The molecule has 0 amide bonds. The van der Waals surface area contributed by atoms with Crippen LogP contribution in [0.4, 0.5) is 0 Å². The summed E-state index contributed by atoms with van der Waals surface area (Å²) in [6, 6.07) is 3.88. The summed E-state index contributed by atoms with van der Waals surface area (Å²) in [6.07, 6.45) is 1.55. The Morgan fingerprint density at radius 1 is 1.31 bits per heavy atom. The van der Waals surface area contributed by atoms with E-state index in [1.807, 2.05) is 12.1 Å². The summed E-state index contributed by atoms with van der Waals surface area (Å²) in [7, 11) is 1.61. The zero-order valence-electron chi connectivity index (χ0n) is 9.36. The number of aliphatic hydroxyl groups is 1. The monoisotopic (exact) mass is 224 g/mol. The number of aryl methyl sites for hydroxylation is 1. The Kier molecular flexibility index (Phi) is 3.51. The Hall–Kier alpha value is -1.42. The van der Waals surface area contributed by atoms with Gasteiger partial charge in [-0.2, -0.15) is 0 Å². The average Bonchev–Trinajstić information content (AvgIpc) is 2.35. The van der Waals surface area contributed by atoms with Crippen molar-refractivity contribution in [2.75, 3.05) is 26.9 Å². The molecule has 2 rings (SSSR count). The van der Waals surface area contributed by atoms with Crippen LogP contribution in [0, 0.1) is 0 Å². The van der Waals surface area contributed by atoms with Crippen LogP contribution >= 0.6 is 0 Å². The van der Waals surface area contributed by atoms with Crippen molar-refractivity contribution in [2.24, 2.45) is 0 Å². The minimum Gasteiger partial charge on any atom is -0.493 e. The van der Waals surface area contributed by atoms with Crippen LogP contribution in [0.15, 0.2) is 12.1 Å². The maximum atomic E-state index is 8.81. The fraction of sp³-hybridized carbons (Fsp3) is 0.500. The van der Waals surface area contributed by atoms with Crippen LogP contribution in [0.5, 0.6) is 17.2 Å². The number of fused-ring (bicyclic) bond motifs is 1. The highest BCUT2D eigenvalue weighted by Gasteiger charge is 2.18. The van der Waals surface area contributed by atoms with E-state index in [2.05, 4.69) is 0 Å². The van der Waals surface area contributed by atoms with Gasteiger partial charge in [0.25, 0.3) is 0 Å². The van der Waals surface area contributed by atoms with Crippen LogP contribution in [0.3, 0.4) is 0 Å². The second kappa shape index (κ2) is 5.07. The largest absolute Gasteiger partial charge is 0.493 e. The molecular weight excluding hydrogens is 208 g/mol. The van der Waals surface area contributed by atoms with Gasteiger partial charge in [0.15, 0.2) is 11.5 Å². The zero-order valence-corrected chi connectivity index (χ0v) is 9.36. The first-order valence-electron chi connectivity index (χ1n) is 5.42. The van der Waals surface area contributed by atoms with Gasteiger partial charge < -0.3 is 19.3 Å². The van der Waals surface area contributed by atoms with Gasteiger partial charge in [0.1, 0.15) is 13.2 Å². The molecule has 0 aliphatic carbocycles. The summed E-state index contributed by atoms with van der Waals surface area (Å²) in [6.45, 7) is 1.32. The molecule has 1 aliphatic heterocycles. The van der Waals surface area contributed by atoms with Gasteiger partial charge in [-0.15, -0.1) is 0 Å². The molecule has 0 bridgehead atoms. The maximum Gasteiger partial charge on any atom is 0.203 e. The van der Waals surface area contributed by atoms with Crippen molar-refractivity contribution in [1.29, 1.82) is 0 Å². The van der Waals surface area contributed by atoms with Crippen LogP contribution in [-0.4, -0.2) is 32.0 Å². The number of hydrogen-bond donors (Lipinski definition) is 1. The van der Waals surface area contributed by atoms with Crippen LogP contribution < -0.4 is 14.2 Å². The molecule has 0 saturated heterocycles. The third kappa shape index (κ3) is 2.22. The predicted octanol–water partition coefficient (Wildman–Crippen LogP) is 1.39. The van der Waals surface area contributed by atoms with Gasteiger partial charge in [-0.05, 0) is 30.5 Å². The van der Waals surface area contributed by atoms with E-state index in [0.29, 0.717) is 24.7 Å². The Labute approximate surface area is 94.8 Å². The average molecular weight is 224 g/mol. The molecule has 1 heterocycles. The molecule has 0 atom stereocenters. The lowest BCUT2D eigenvalue weighted by Crippen LogP contribution is -2.16. The lowest BCUT2D eigenvalue weighted by atomic mass is 10.1. The molecule has 4 nitrogen and oxygen atoms in total. The van der Waals surface area contributed by atoms with Crippen molar-refractivity contribution in [3.05, 3.63) is 17.7 Å². The first-order valence-corrected chi connectivity index (χ1v) is 5.42. The summed E-state index contributed by atoms with van der Waals surface area (Å²) in [5, 5.41) is 8.81. The predicted molar refractivity (Wildman–Crippen MR) is 59.4 cm³/mol. The van der Waals surface area contributed by atoms with Gasteiger partial charge in [-0.1, -0.05) is 0 Å². The summed E-state index contributed by atoms with van der Waals surface area (Å²) in [5.41, 5.74) is 1.09. The van der Waals surface area contributed by atoms with E-state index in [0.717, 1.165) is 24.2 Å². The molecule has 1 aliphatic rings. The van der Waals surface area contributed by atoms with Crippen molar-refractivity contribution >= 4 is 0 Å². The zero-order chi connectivity index (χ0) is 11.4. The standard InChI is InChI=1S/C12H16O4/c1-14-10-7-9(3-2-4-13)8-11-12(10)16-6-5-15-11/h7-8,13H,2-6H2,1H3. The molecule has 16 heavy (non-hydrogen) atoms. The van der Waals surface area contributed by atoms with Gasteiger partial charge in [-0.25, -0.2) is 0 Å². The fourth-order valence-corrected chi connectivity index (χ4v) is 1.75. The molecule has 1 N–H and O–H groups in total. The Morgan fingerprint density at radius 3 is 2.88 bits per heavy atom. The lowest BCUT2D eigenvalue weighted by molar-refractivity contribution is 0.165. The quantitative estimate of drug-likeness (QED) is 0.839. The second-order valence-corrected chi connectivity index (χ2v) is 3.65. The van der Waals surface area contributed by atoms with Crippen LogP contribution in [0.25, 0.3) is 0 Å². The van der Waals surface area contributed by atoms with Crippen molar-refractivity contribution in [1.82, 2.24) is 0 Å². The van der Waals surface area contributed by atoms with Crippen molar-refractivity contribution in [2.45, 2.75) is 12.8 Å². The van der Waals surface area contributed by atoms with E-state index in [-0.39, 0.29) is 6.61 Å². The van der Waals surface area contributed by atoms with Crippen LogP contribution in [0.2, 0.25) is 0 Å². The third-order valence-corrected chi connectivity index (χ3v) is 2.51. The van der Waals surface area contributed by atoms with Crippen molar-refractivity contribution < 1.29 is 19.3 Å². The minimum absolute atomic E-state index is 0.191. The molecule has 0 saturated carbocycles. The second-order valence-electron chi connectivity index (χ2n) is 3.65. The molecule has 1 aromatic rings. The van der Waals surface area contributed by atoms with Crippen LogP contribution in [0.1, 0.15) is 12.0 Å². The summed E-state index contributed by atoms with van der Waals surface area (Å²) in [4.78, 5) is 0. The summed E-state index contributed by atoms with van der Waals surface area (Å²) < 4.78 is 16.3. The first-order chi connectivity index (χ1) is 7.85. The van der Waals surface area contributed by atoms with Crippen LogP contribution in [-0.2, 0) is 6.42 Å². The topological polar surface area (TPSA) is 47.9 Å². The summed E-state index contributed by atoms with van der Waals surface area (Å²) in [5.74, 6) is 2.12. The lowest BCUT2D eigenvalue weighted by Gasteiger charge is -2.21. The molecule has 0 unspecified atom stereocenters. The number of hydrogen-bond acceptors (Lipinski definition) is 4. The molecule has 4 heteroatoms. The SMILES string of the molecule is COc1cc(CCCO)cc2c1OCCO2. The molecular formula is C12H16O4. The Morgan fingerprint density at radius 2 is 2.12 bits per heavy atom. The smallest absolute Gasteiger partial charge is 0.203 e. The van der Waals surface area contributed by atoms with Gasteiger partial charge in [0.2, 0.25) is 5.75 Å². The van der Waals surface area contributed by atoms with E-state index in [9.17, 15) is 0 Å². The normalized spacial score (nSPS) is 13.6. The fourth-order valence-electron chi connectivity index (χ4n) is 1.75. The summed E-state index contributed by atoms with van der Waals surface area (Å²) >= 11 is 0. The highest BCUT2D eigenvalue weighted by atomic mass is 16.6. The van der Waals surface area contributed by atoms with E-state index in [1.165, 1.54) is 0 Å². The number of ether oxygens (including phenoxy) is 3. The van der Waals surface area contributed by atoms with E-state index in [4.69, 9.17) is 19.3 Å². The van der Waals surface area contributed by atoms with E-state index in [1.54, 1.807) is 7.11 Å². The number of methoxy groups -OCH3 is 1. The number of benzene rings is 1. The molecule has 0 fully saturated rings. The first kappa shape index (κ1) is 11.1. The highest BCUT2D eigenvalue weighted by molar-refractivity contribution is 5.54. The van der Waals surface area contributed by atoms with Gasteiger partial charge >= 0.3 is 0 Å². The molecule has 0 radical (unpaired) electrons. The Bertz CT molecular complexity index is 345. The molecule has 1 aromatic carbocycles. The number of rotatable bonds is 4. The number of aliphatic hydroxyl groups excluding tert-OH is 1. The van der Waals surface area contributed by atoms with E-state index < -0.39 is 0 Å². The van der Waals surface area contributed by atoms with Crippen molar-refractivity contribution in [3.8, 4) is 17.2 Å². The molecule has 0 aromatic heterocycles. The molecule has 88 valence electrons. The third-order valence-electron chi connectivity index (χ3n) is 2.51. The van der Waals surface area contributed by atoms with E-state index >= 15 is 0 Å². The van der Waals surface area contributed by atoms with Gasteiger partial charge in [0, 0.05) is 6.61 Å². The maximum absolute atomic E-state index is 8.81. The van der Waals surface area contributed by atoms with Crippen molar-refractivity contribution in [3.63, 3.8) is 0 Å².